The van der Waals surface area contributed by atoms with E-state index in [1.165, 1.54) is 55.2 Å². The zero-order chi connectivity index (χ0) is 49.7. The lowest BCUT2D eigenvalue weighted by Crippen LogP contribution is -2.09. The molecule has 0 aliphatic rings. The lowest BCUT2D eigenvalue weighted by Gasteiger charge is -2.26. The maximum Gasteiger partial charge on any atom is 0.143 e. The molecular weight excluding hydrogens is 909 g/mol. The van der Waals surface area contributed by atoms with Gasteiger partial charge in [-0.3, -0.25) is 0 Å². The number of para-hydroxylation sites is 5. The van der Waals surface area contributed by atoms with Crippen LogP contribution in [0.5, 0.6) is 0 Å². The molecule has 0 saturated heterocycles. The molecule has 0 bridgehead atoms. The van der Waals surface area contributed by atoms with Gasteiger partial charge in [-0.05, 0) is 128 Å². The van der Waals surface area contributed by atoms with Crippen LogP contribution >= 0.6 is 0 Å². The van der Waals surface area contributed by atoms with E-state index in [4.69, 9.17) is 4.42 Å². The molecule has 0 aliphatic carbocycles. The van der Waals surface area contributed by atoms with Gasteiger partial charge in [0.05, 0.1) is 16.7 Å². The third-order valence-corrected chi connectivity index (χ3v) is 14.8. The highest BCUT2D eigenvalue weighted by Crippen LogP contribution is 2.43. The Morgan fingerprint density at radius 3 is 1.29 bits per heavy atom. The molecule has 0 radical (unpaired) electrons. The molecule has 3 nitrogen and oxygen atoms in total. The fourth-order valence-electron chi connectivity index (χ4n) is 11.2. The van der Waals surface area contributed by atoms with E-state index in [1.807, 2.05) is 12.1 Å². The summed E-state index contributed by atoms with van der Waals surface area (Å²) in [5.41, 5.74) is 22.5. The Kier molecular flexibility index (Phi) is 10.8. The predicted octanol–water partition coefficient (Wildman–Crippen LogP) is 20.2. The van der Waals surface area contributed by atoms with Crippen molar-refractivity contribution in [3.8, 4) is 72.4 Å². The first-order valence-corrected chi connectivity index (χ1v) is 25.6. The maximum atomic E-state index is 6.46. The second-order valence-corrected chi connectivity index (χ2v) is 19.2. The Morgan fingerprint density at radius 2 is 0.667 bits per heavy atom. The molecule has 0 saturated carbocycles. The summed E-state index contributed by atoms with van der Waals surface area (Å²) >= 11 is 0. The summed E-state index contributed by atoms with van der Waals surface area (Å²) in [6, 6.07) is 105. The van der Waals surface area contributed by atoms with E-state index in [2.05, 4.69) is 289 Å². The summed E-state index contributed by atoms with van der Waals surface area (Å²) in [6.07, 6.45) is 0. The molecule has 0 unspecified atom stereocenters. The number of rotatable bonds is 10. The minimum atomic E-state index is 0.903. The molecule has 14 aromatic rings. The van der Waals surface area contributed by atoms with Gasteiger partial charge in [0.15, 0.2) is 0 Å². The van der Waals surface area contributed by atoms with Gasteiger partial charge in [0, 0.05) is 49.7 Å². The van der Waals surface area contributed by atoms with Gasteiger partial charge >= 0.3 is 0 Å². The second-order valence-electron chi connectivity index (χ2n) is 19.2. The van der Waals surface area contributed by atoms with Crippen molar-refractivity contribution in [3.05, 3.63) is 291 Å². The largest absolute Gasteiger partial charge is 0.455 e. The monoisotopic (exact) mass is 956 g/mol. The van der Waals surface area contributed by atoms with Crippen LogP contribution in [0, 0.1) is 0 Å². The summed E-state index contributed by atoms with van der Waals surface area (Å²) in [7, 11) is 0. The number of aromatic nitrogens is 1. The first kappa shape index (κ1) is 43.8. The van der Waals surface area contributed by atoms with Crippen LogP contribution in [0.3, 0.4) is 0 Å². The lowest BCUT2D eigenvalue weighted by molar-refractivity contribution is 0.670. The fraction of sp³-hybridized carbons (Fsp3) is 0. The first-order chi connectivity index (χ1) is 37.2. The smallest absolute Gasteiger partial charge is 0.143 e. The molecule has 3 heteroatoms. The van der Waals surface area contributed by atoms with Gasteiger partial charge < -0.3 is 13.9 Å². The number of fused-ring (bicyclic) bond motifs is 6. The average Bonchev–Trinajstić information content (AvgIpc) is 4.04. The van der Waals surface area contributed by atoms with E-state index < -0.39 is 0 Å². The SMILES string of the molecule is c1ccc(-c2cccc(-c3ccc(N(c4ccc(-c5cccc(-c6cccc7c6oc6ccccc67)c5)cc4)c4ccc(-c5ccccc5-c5ccccc5-n5c6ccccc6c6ccccc65)cc4)cc3)c2)cc1. The van der Waals surface area contributed by atoms with Crippen molar-refractivity contribution >= 4 is 60.8 Å². The molecule has 352 valence electrons. The summed E-state index contributed by atoms with van der Waals surface area (Å²) in [5.74, 6) is 0. The number of hydrogen-bond donors (Lipinski definition) is 0. The Morgan fingerprint density at radius 1 is 0.253 bits per heavy atom. The van der Waals surface area contributed by atoms with Gasteiger partial charge in [0.25, 0.3) is 0 Å². The molecule has 2 aromatic heterocycles. The molecular formula is C72H48N2O. The topological polar surface area (TPSA) is 21.3 Å². The van der Waals surface area contributed by atoms with Crippen LogP contribution in [-0.4, -0.2) is 4.57 Å². The van der Waals surface area contributed by atoms with E-state index in [0.29, 0.717) is 0 Å². The van der Waals surface area contributed by atoms with Crippen molar-refractivity contribution in [1.29, 1.82) is 0 Å². The molecule has 12 aromatic carbocycles. The van der Waals surface area contributed by atoms with Crippen molar-refractivity contribution in [1.82, 2.24) is 4.57 Å². The molecule has 0 aliphatic heterocycles. The molecule has 2 heterocycles. The van der Waals surface area contributed by atoms with Crippen LogP contribution in [0.4, 0.5) is 17.1 Å². The van der Waals surface area contributed by atoms with E-state index in [1.54, 1.807) is 0 Å². The number of hydrogen-bond acceptors (Lipinski definition) is 2. The number of nitrogens with zero attached hydrogens (tertiary/aromatic N) is 2. The Balaban J connectivity index is 0.836. The summed E-state index contributed by atoms with van der Waals surface area (Å²) < 4.78 is 8.89. The quantitative estimate of drug-likeness (QED) is 0.136. The van der Waals surface area contributed by atoms with Crippen molar-refractivity contribution in [2.75, 3.05) is 4.90 Å². The van der Waals surface area contributed by atoms with Crippen molar-refractivity contribution in [3.63, 3.8) is 0 Å². The minimum Gasteiger partial charge on any atom is -0.455 e. The third kappa shape index (κ3) is 7.86. The van der Waals surface area contributed by atoms with Gasteiger partial charge in [0.2, 0.25) is 0 Å². The second kappa shape index (κ2) is 18.6. The molecule has 0 amide bonds. The van der Waals surface area contributed by atoms with Gasteiger partial charge in [0.1, 0.15) is 11.2 Å². The molecule has 0 fully saturated rings. The normalized spacial score (nSPS) is 11.5. The van der Waals surface area contributed by atoms with Crippen molar-refractivity contribution < 1.29 is 4.42 Å². The summed E-state index contributed by atoms with van der Waals surface area (Å²) in [5, 5.41) is 4.76. The van der Waals surface area contributed by atoms with Crippen molar-refractivity contribution in [2.45, 2.75) is 0 Å². The van der Waals surface area contributed by atoms with E-state index in [-0.39, 0.29) is 0 Å². The van der Waals surface area contributed by atoms with E-state index >= 15 is 0 Å². The third-order valence-electron chi connectivity index (χ3n) is 14.8. The van der Waals surface area contributed by atoms with Gasteiger partial charge in [-0.2, -0.15) is 0 Å². The van der Waals surface area contributed by atoms with Crippen LogP contribution < -0.4 is 4.90 Å². The molecule has 0 N–H and O–H groups in total. The van der Waals surface area contributed by atoms with Crippen molar-refractivity contribution in [2.24, 2.45) is 0 Å². The number of furan rings is 1. The van der Waals surface area contributed by atoms with Crippen LogP contribution in [0.2, 0.25) is 0 Å². The van der Waals surface area contributed by atoms with E-state index in [0.717, 1.165) is 78.1 Å². The first-order valence-electron chi connectivity index (χ1n) is 25.6. The van der Waals surface area contributed by atoms with Gasteiger partial charge in [-0.1, -0.05) is 218 Å². The highest BCUT2D eigenvalue weighted by molar-refractivity contribution is 6.11. The number of anilines is 3. The zero-order valence-electron chi connectivity index (χ0n) is 41.0. The highest BCUT2D eigenvalue weighted by Gasteiger charge is 2.19. The maximum absolute atomic E-state index is 6.46. The van der Waals surface area contributed by atoms with Crippen LogP contribution in [-0.2, 0) is 0 Å². The van der Waals surface area contributed by atoms with Gasteiger partial charge in [-0.25, -0.2) is 0 Å². The molecule has 14 rings (SSSR count). The number of benzene rings is 12. The Labute approximate surface area is 436 Å². The predicted molar refractivity (Wildman–Crippen MR) is 315 cm³/mol. The molecule has 75 heavy (non-hydrogen) atoms. The van der Waals surface area contributed by atoms with Crippen LogP contribution in [0.1, 0.15) is 0 Å². The standard InChI is InChI=1S/C72H48N2O/c1-2-17-49(18-3-1)53-19-14-20-54(47-53)50-35-41-57(42-36-50)73(58-43-37-51(38-44-58)55-21-15-22-56(48-55)61-29-16-30-67-66-28-9-13-34-71(66)75-72(61)67)59-45-39-52(40-46-59)60-23-4-5-24-62(60)63-25-6-10-31-68(63)74-69-32-11-7-26-64(69)65-27-8-12-33-70(65)74/h1-48H. The Hall–Kier alpha value is -9.96. The minimum absolute atomic E-state index is 0.903. The fourth-order valence-corrected chi connectivity index (χ4v) is 11.2. The van der Waals surface area contributed by atoms with E-state index in [9.17, 15) is 0 Å². The summed E-state index contributed by atoms with van der Waals surface area (Å²) in [4.78, 5) is 2.36. The zero-order valence-corrected chi connectivity index (χ0v) is 41.0. The van der Waals surface area contributed by atoms with Crippen LogP contribution in [0.15, 0.2) is 296 Å². The van der Waals surface area contributed by atoms with Crippen LogP contribution in [0.25, 0.3) is 116 Å². The Bertz CT molecular complexity index is 4340. The molecule has 0 atom stereocenters. The summed E-state index contributed by atoms with van der Waals surface area (Å²) in [6.45, 7) is 0. The van der Waals surface area contributed by atoms with Gasteiger partial charge in [-0.15, -0.1) is 0 Å². The average molecular weight is 957 g/mol. The lowest BCUT2D eigenvalue weighted by atomic mass is 9.93. The highest BCUT2D eigenvalue weighted by atomic mass is 16.3. The molecule has 0 spiro atoms.